The molecule has 2 amide bonds. The van der Waals surface area contributed by atoms with Crippen LogP contribution in [0.2, 0.25) is 5.02 Å². The molecule has 0 aliphatic carbocycles. The van der Waals surface area contributed by atoms with Crippen molar-refractivity contribution in [1.82, 2.24) is 10.4 Å². The predicted octanol–water partition coefficient (Wildman–Crippen LogP) is 7.02. The molecule has 6 nitrogen and oxygen atoms in total. The molecule has 0 radical (unpaired) electrons. The predicted molar refractivity (Wildman–Crippen MR) is 160 cm³/mol. The van der Waals surface area contributed by atoms with E-state index in [4.69, 9.17) is 33.3 Å². The minimum Gasteiger partial charge on any atom is -0.490 e. The van der Waals surface area contributed by atoms with E-state index in [2.05, 4.69) is 23.6 Å². The van der Waals surface area contributed by atoms with Gasteiger partial charge in [0.15, 0.2) is 15.8 Å². The maximum absolute atomic E-state index is 13.0. The summed E-state index contributed by atoms with van der Waals surface area (Å²) in [5.74, 6) is 0.291. The third-order valence-electron chi connectivity index (χ3n) is 5.94. The number of ether oxygens (including phenoxy) is 2. The fourth-order valence-electron chi connectivity index (χ4n) is 4.06. The van der Waals surface area contributed by atoms with E-state index in [1.54, 1.807) is 30.3 Å². The molecule has 0 bridgehead atoms. The number of carbonyl (C=O) groups excluding carboxylic acids is 2. The summed E-state index contributed by atoms with van der Waals surface area (Å²) < 4.78 is 12.2. The maximum atomic E-state index is 13.0. The normalized spacial score (nSPS) is 14.2. The van der Waals surface area contributed by atoms with Gasteiger partial charge in [0.2, 0.25) is 0 Å². The fraction of sp³-hybridized carbons (Fsp3) is 0.100. The number of thiocarbonyl (C=S) groups is 1. The maximum Gasteiger partial charge on any atom is 0.285 e. The lowest BCUT2D eigenvalue weighted by Gasteiger charge is -2.15. The second kappa shape index (κ2) is 11.9. The standard InChI is InChI=1S/C30H23ClN2O4S2/c1-2-36-26-16-19(10-15-25(26)37-18-22-8-5-7-20-6-3-4-9-24(20)22)17-27-29(35)33(30(38)39-27)32-28(34)21-11-13-23(31)14-12-21/h3-17H,2,18H2,1H3,(H,32,34)/b27-17+. The van der Waals surface area contributed by atoms with E-state index < -0.39 is 11.8 Å². The molecule has 1 fully saturated rings. The number of nitrogens with zero attached hydrogens (tertiary/aromatic N) is 1. The number of benzene rings is 4. The highest BCUT2D eigenvalue weighted by molar-refractivity contribution is 8.26. The van der Waals surface area contributed by atoms with Gasteiger partial charge in [-0.2, -0.15) is 5.01 Å². The zero-order chi connectivity index (χ0) is 27.4. The van der Waals surface area contributed by atoms with Gasteiger partial charge in [-0.25, -0.2) is 0 Å². The van der Waals surface area contributed by atoms with Crippen molar-refractivity contribution in [3.8, 4) is 11.5 Å². The van der Waals surface area contributed by atoms with Crippen molar-refractivity contribution in [2.45, 2.75) is 13.5 Å². The van der Waals surface area contributed by atoms with Crippen LogP contribution in [0, 0.1) is 0 Å². The number of rotatable bonds is 8. The first-order chi connectivity index (χ1) is 18.9. The molecular weight excluding hydrogens is 552 g/mol. The average molecular weight is 575 g/mol. The summed E-state index contributed by atoms with van der Waals surface area (Å²) in [6.45, 7) is 2.73. The van der Waals surface area contributed by atoms with Crippen LogP contribution in [-0.4, -0.2) is 27.8 Å². The zero-order valence-corrected chi connectivity index (χ0v) is 23.2. The van der Waals surface area contributed by atoms with Crippen molar-refractivity contribution in [2.24, 2.45) is 0 Å². The average Bonchev–Trinajstić information content (AvgIpc) is 3.20. The molecule has 0 unspecified atom stereocenters. The summed E-state index contributed by atoms with van der Waals surface area (Å²) in [4.78, 5) is 26.0. The number of carbonyl (C=O) groups is 2. The Morgan fingerprint density at radius 1 is 1.00 bits per heavy atom. The van der Waals surface area contributed by atoms with Crippen LogP contribution < -0.4 is 14.9 Å². The van der Waals surface area contributed by atoms with Gasteiger partial charge in [-0.3, -0.25) is 15.0 Å². The van der Waals surface area contributed by atoms with Crippen LogP contribution in [-0.2, 0) is 11.4 Å². The Bertz CT molecular complexity index is 1600. The quantitative estimate of drug-likeness (QED) is 0.180. The summed E-state index contributed by atoms with van der Waals surface area (Å²) in [6.07, 6.45) is 1.71. The van der Waals surface area contributed by atoms with Gasteiger partial charge in [0, 0.05) is 10.6 Å². The number of thioether (sulfide) groups is 1. The van der Waals surface area contributed by atoms with Gasteiger partial charge >= 0.3 is 0 Å². The van der Waals surface area contributed by atoms with Crippen LogP contribution in [0.1, 0.15) is 28.4 Å². The van der Waals surface area contributed by atoms with E-state index in [0.29, 0.717) is 40.2 Å². The van der Waals surface area contributed by atoms with Gasteiger partial charge in [-0.05, 0) is 83.5 Å². The SMILES string of the molecule is CCOc1cc(/C=C2/SC(=S)N(NC(=O)c3ccc(Cl)cc3)C2=O)ccc1OCc1cccc2ccccc12. The van der Waals surface area contributed by atoms with Crippen molar-refractivity contribution in [1.29, 1.82) is 0 Å². The highest BCUT2D eigenvalue weighted by atomic mass is 35.5. The summed E-state index contributed by atoms with van der Waals surface area (Å²) in [7, 11) is 0. The first-order valence-electron chi connectivity index (χ1n) is 12.1. The molecule has 4 aromatic carbocycles. The van der Waals surface area contributed by atoms with Crippen molar-refractivity contribution in [2.75, 3.05) is 6.61 Å². The third-order valence-corrected chi connectivity index (χ3v) is 7.50. The summed E-state index contributed by atoms with van der Waals surface area (Å²) in [5.41, 5.74) is 4.74. The number of hydrogen-bond donors (Lipinski definition) is 1. The molecule has 1 heterocycles. The molecule has 1 saturated heterocycles. The first kappa shape index (κ1) is 26.7. The van der Waals surface area contributed by atoms with Crippen molar-refractivity contribution in [3.05, 3.63) is 112 Å². The monoisotopic (exact) mass is 574 g/mol. The topological polar surface area (TPSA) is 67.9 Å². The Balaban J connectivity index is 1.32. The number of hydrogen-bond acceptors (Lipinski definition) is 6. The molecule has 5 rings (SSSR count). The largest absolute Gasteiger partial charge is 0.490 e. The van der Waals surface area contributed by atoms with Crippen LogP contribution in [0.15, 0.2) is 89.8 Å². The lowest BCUT2D eigenvalue weighted by atomic mass is 10.1. The van der Waals surface area contributed by atoms with Crippen molar-refractivity contribution < 1.29 is 19.1 Å². The minimum absolute atomic E-state index is 0.230. The second-order valence-electron chi connectivity index (χ2n) is 8.53. The second-order valence-corrected chi connectivity index (χ2v) is 10.6. The Morgan fingerprint density at radius 3 is 2.56 bits per heavy atom. The van der Waals surface area contributed by atoms with Crippen molar-refractivity contribution >= 4 is 68.6 Å². The smallest absolute Gasteiger partial charge is 0.285 e. The molecule has 196 valence electrons. The molecule has 1 N–H and O–H groups in total. The van der Waals surface area contributed by atoms with E-state index in [0.717, 1.165) is 38.7 Å². The Kier molecular flexibility index (Phi) is 8.16. The Morgan fingerprint density at radius 2 is 1.77 bits per heavy atom. The lowest BCUT2D eigenvalue weighted by Crippen LogP contribution is -2.44. The number of fused-ring (bicyclic) bond motifs is 1. The molecule has 39 heavy (non-hydrogen) atoms. The fourth-order valence-corrected chi connectivity index (χ4v) is 5.36. The number of amides is 2. The number of nitrogens with one attached hydrogen (secondary N) is 1. The molecule has 1 aliphatic heterocycles. The lowest BCUT2D eigenvalue weighted by molar-refractivity contribution is -0.123. The summed E-state index contributed by atoms with van der Waals surface area (Å²) in [5, 5.41) is 3.88. The summed E-state index contributed by atoms with van der Waals surface area (Å²) >= 11 is 12.4. The number of hydrazine groups is 1. The molecule has 0 aromatic heterocycles. The Hall–Kier alpha value is -3.85. The van der Waals surface area contributed by atoms with Crippen molar-refractivity contribution in [3.63, 3.8) is 0 Å². The van der Waals surface area contributed by atoms with E-state index in [-0.39, 0.29) is 4.32 Å². The van der Waals surface area contributed by atoms with Crippen LogP contribution in [0.25, 0.3) is 16.8 Å². The van der Waals surface area contributed by atoms with E-state index >= 15 is 0 Å². The van der Waals surface area contributed by atoms with Gasteiger partial charge in [0.05, 0.1) is 11.5 Å². The third kappa shape index (κ3) is 6.09. The zero-order valence-electron chi connectivity index (χ0n) is 20.8. The molecule has 4 aromatic rings. The van der Waals surface area contributed by atoms with E-state index in [1.165, 1.54) is 0 Å². The van der Waals surface area contributed by atoms with Crippen LogP contribution in [0.5, 0.6) is 11.5 Å². The molecule has 1 aliphatic rings. The van der Waals surface area contributed by atoms with E-state index in [9.17, 15) is 9.59 Å². The molecular formula is C30H23ClN2O4S2. The van der Waals surface area contributed by atoms with Gasteiger partial charge in [0.1, 0.15) is 6.61 Å². The molecule has 0 atom stereocenters. The van der Waals surface area contributed by atoms with Crippen LogP contribution in [0.3, 0.4) is 0 Å². The van der Waals surface area contributed by atoms with Crippen LogP contribution >= 0.6 is 35.6 Å². The van der Waals surface area contributed by atoms with Gasteiger partial charge in [-0.15, -0.1) is 0 Å². The van der Waals surface area contributed by atoms with Gasteiger partial charge < -0.3 is 9.47 Å². The Labute approximate surface area is 240 Å². The van der Waals surface area contributed by atoms with Crippen LogP contribution in [0.4, 0.5) is 0 Å². The summed E-state index contributed by atoms with van der Waals surface area (Å²) in [6, 6.07) is 26.2. The van der Waals surface area contributed by atoms with E-state index in [1.807, 2.05) is 49.4 Å². The molecule has 0 spiro atoms. The van der Waals surface area contributed by atoms with Gasteiger partial charge in [-0.1, -0.05) is 71.9 Å². The highest BCUT2D eigenvalue weighted by Crippen LogP contribution is 2.35. The molecule has 0 saturated carbocycles. The molecule has 9 heteroatoms. The highest BCUT2D eigenvalue weighted by Gasteiger charge is 2.33. The van der Waals surface area contributed by atoms with Gasteiger partial charge in [0.25, 0.3) is 11.8 Å². The minimum atomic E-state index is -0.462. The first-order valence-corrected chi connectivity index (χ1v) is 13.7. The number of halogens is 1.